The summed E-state index contributed by atoms with van der Waals surface area (Å²) in [4.78, 5) is 1.03. The molecule has 1 aromatic carbocycles. The van der Waals surface area contributed by atoms with E-state index in [4.69, 9.17) is 11.2 Å². The fraction of sp³-hybridized carbons (Fsp3) is 0.200. The molecule has 0 radical (unpaired) electrons. The monoisotopic (exact) mass is 321 g/mol. The van der Waals surface area contributed by atoms with E-state index in [1.54, 1.807) is 30.3 Å². The largest absolute Gasteiger partial charge is 0.481 e. The fourth-order valence-electron chi connectivity index (χ4n) is 1.67. The van der Waals surface area contributed by atoms with Crippen LogP contribution < -0.4 is 9.46 Å². The number of benzene rings is 1. The van der Waals surface area contributed by atoms with Gasteiger partial charge in [0, 0.05) is 10.9 Å². The smallest absolute Gasteiger partial charge is 0.271 e. The Balaban J connectivity index is 2.18. The highest BCUT2D eigenvalue weighted by molar-refractivity contribution is 7.94. The first kappa shape index (κ1) is 15.4. The molecule has 1 heterocycles. The molecule has 21 heavy (non-hydrogen) atoms. The van der Waals surface area contributed by atoms with Crippen molar-refractivity contribution in [1.29, 1.82) is 0 Å². The van der Waals surface area contributed by atoms with Crippen LogP contribution >= 0.6 is 11.3 Å². The van der Waals surface area contributed by atoms with E-state index in [1.807, 2.05) is 13.0 Å². The summed E-state index contributed by atoms with van der Waals surface area (Å²) in [6.45, 7) is 2.13. The van der Waals surface area contributed by atoms with Crippen LogP contribution in [0.25, 0.3) is 0 Å². The van der Waals surface area contributed by atoms with Crippen molar-refractivity contribution < 1.29 is 13.2 Å². The Bertz CT molecular complexity index is 757. The van der Waals surface area contributed by atoms with Crippen LogP contribution in [0.2, 0.25) is 0 Å². The maximum absolute atomic E-state index is 12.3. The zero-order valence-corrected chi connectivity index (χ0v) is 13.1. The van der Waals surface area contributed by atoms with E-state index in [-0.39, 0.29) is 6.61 Å². The third kappa shape index (κ3) is 4.00. The maximum atomic E-state index is 12.3. The number of hydrogen-bond acceptors (Lipinski definition) is 4. The van der Waals surface area contributed by atoms with Crippen molar-refractivity contribution in [3.05, 3.63) is 41.3 Å². The van der Waals surface area contributed by atoms with E-state index < -0.39 is 10.0 Å². The van der Waals surface area contributed by atoms with E-state index in [2.05, 4.69) is 10.6 Å². The van der Waals surface area contributed by atoms with Gasteiger partial charge in [-0.25, -0.2) is 8.42 Å². The van der Waals surface area contributed by atoms with Crippen molar-refractivity contribution in [2.75, 3.05) is 11.3 Å². The first-order chi connectivity index (χ1) is 10.0. The molecule has 2 rings (SSSR count). The van der Waals surface area contributed by atoms with E-state index in [0.717, 1.165) is 11.3 Å². The number of aryl methyl sites for hydroxylation is 1. The van der Waals surface area contributed by atoms with Gasteiger partial charge in [-0.2, -0.15) is 0 Å². The lowest BCUT2D eigenvalue weighted by Gasteiger charge is -2.08. The predicted octanol–water partition coefficient (Wildman–Crippen LogP) is 3.12. The van der Waals surface area contributed by atoms with Crippen molar-refractivity contribution in [2.24, 2.45) is 0 Å². The molecular weight excluding hydrogens is 306 g/mol. The lowest BCUT2D eigenvalue weighted by molar-refractivity contribution is 0.370. The minimum absolute atomic E-state index is 0.140. The molecule has 0 aliphatic heterocycles. The summed E-state index contributed by atoms with van der Waals surface area (Å²) in [5.41, 5.74) is 0.441. The Morgan fingerprint density at radius 1 is 1.33 bits per heavy atom. The highest BCUT2D eigenvalue weighted by atomic mass is 32.2. The molecule has 1 N–H and O–H groups in total. The van der Waals surface area contributed by atoms with Gasteiger partial charge in [-0.15, -0.1) is 17.8 Å². The molecule has 0 spiro atoms. The van der Waals surface area contributed by atoms with Crippen LogP contribution in [0, 0.1) is 12.3 Å². The Hall–Kier alpha value is -1.97. The number of thiophene rings is 1. The molecular formula is C15H15NO3S2. The zero-order valence-electron chi connectivity index (χ0n) is 11.5. The van der Waals surface area contributed by atoms with Gasteiger partial charge >= 0.3 is 0 Å². The van der Waals surface area contributed by atoms with Crippen LogP contribution in [0.3, 0.4) is 0 Å². The average Bonchev–Trinajstić information content (AvgIpc) is 2.95. The third-order valence-electron chi connectivity index (χ3n) is 2.66. The predicted molar refractivity (Wildman–Crippen MR) is 85.3 cm³/mol. The molecule has 4 nitrogen and oxygen atoms in total. The van der Waals surface area contributed by atoms with Crippen molar-refractivity contribution in [1.82, 2.24) is 0 Å². The van der Waals surface area contributed by atoms with Crippen LogP contribution in [0.5, 0.6) is 5.75 Å². The Morgan fingerprint density at radius 3 is 2.81 bits per heavy atom. The van der Waals surface area contributed by atoms with Gasteiger partial charge in [0.2, 0.25) is 0 Å². The van der Waals surface area contributed by atoms with Gasteiger partial charge in [-0.3, -0.25) is 4.72 Å². The molecule has 0 aliphatic rings. The summed E-state index contributed by atoms with van der Waals surface area (Å²) in [5, 5.41) is 0. The second-order valence-corrected chi connectivity index (χ2v) is 7.28. The van der Waals surface area contributed by atoms with Gasteiger partial charge in [0.15, 0.2) is 0 Å². The molecule has 110 valence electrons. The maximum Gasteiger partial charge on any atom is 0.271 e. The van der Waals surface area contributed by atoms with Crippen molar-refractivity contribution >= 4 is 27.0 Å². The lowest BCUT2D eigenvalue weighted by Crippen LogP contribution is -2.11. The van der Waals surface area contributed by atoms with Crippen molar-refractivity contribution in [2.45, 2.75) is 17.6 Å². The van der Waals surface area contributed by atoms with Gasteiger partial charge in [-0.05, 0) is 30.7 Å². The van der Waals surface area contributed by atoms with Gasteiger partial charge in [-0.1, -0.05) is 18.9 Å². The van der Waals surface area contributed by atoms with Crippen LogP contribution in [0.4, 0.5) is 5.69 Å². The minimum atomic E-state index is -3.57. The van der Waals surface area contributed by atoms with Gasteiger partial charge < -0.3 is 4.74 Å². The molecule has 1 aromatic heterocycles. The van der Waals surface area contributed by atoms with E-state index in [1.165, 1.54) is 11.3 Å². The van der Waals surface area contributed by atoms with Crippen LogP contribution in [0.15, 0.2) is 40.6 Å². The Kier molecular flexibility index (Phi) is 4.89. The highest BCUT2D eigenvalue weighted by Crippen LogP contribution is 2.25. The number of anilines is 1. The third-order valence-corrected chi connectivity index (χ3v) is 5.76. The molecule has 6 heteroatoms. The quantitative estimate of drug-likeness (QED) is 0.832. The fourth-order valence-corrected chi connectivity index (χ4v) is 4.02. The molecule has 0 saturated heterocycles. The summed E-state index contributed by atoms with van der Waals surface area (Å²) in [5.74, 6) is 2.88. The normalized spacial score (nSPS) is 10.9. The second-order valence-electron chi connectivity index (χ2n) is 4.20. The Morgan fingerprint density at radius 2 is 2.14 bits per heavy atom. The average molecular weight is 321 g/mol. The number of nitrogens with one attached hydrogen (secondary N) is 1. The van der Waals surface area contributed by atoms with E-state index in [9.17, 15) is 8.42 Å². The first-order valence-electron chi connectivity index (χ1n) is 6.33. The van der Waals surface area contributed by atoms with E-state index >= 15 is 0 Å². The number of rotatable bonds is 6. The van der Waals surface area contributed by atoms with Crippen molar-refractivity contribution in [3.8, 4) is 18.1 Å². The number of ether oxygens (including phenoxy) is 1. The molecule has 0 aliphatic carbocycles. The molecule has 0 atom stereocenters. The van der Waals surface area contributed by atoms with Gasteiger partial charge in [0.05, 0.1) is 5.69 Å². The first-order valence-corrected chi connectivity index (χ1v) is 8.63. The molecule has 0 amide bonds. The van der Waals surface area contributed by atoms with Crippen LogP contribution in [0.1, 0.15) is 11.8 Å². The summed E-state index contributed by atoms with van der Waals surface area (Å²) >= 11 is 1.27. The van der Waals surface area contributed by atoms with Gasteiger partial charge in [0.1, 0.15) is 16.6 Å². The molecule has 0 unspecified atom stereocenters. The van der Waals surface area contributed by atoms with Crippen molar-refractivity contribution in [3.63, 3.8) is 0 Å². The SMILES string of the molecule is C#CCOc1cccc(NS(=O)(=O)c2ccc(CC)s2)c1. The topological polar surface area (TPSA) is 55.4 Å². The lowest BCUT2D eigenvalue weighted by atomic mass is 10.3. The van der Waals surface area contributed by atoms with Crippen LogP contribution in [-0.4, -0.2) is 15.0 Å². The summed E-state index contributed by atoms with van der Waals surface area (Å²) in [6, 6.07) is 10.1. The second kappa shape index (κ2) is 6.66. The summed E-state index contributed by atoms with van der Waals surface area (Å²) < 4.78 is 32.7. The number of terminal acetylenes is 1. The summed E-state index contributed by atoms with van der Waals surface area (Å²) in [6.07, 6.45) is 5.94. The summed E-state index contributed by atoms with van der Waals surface area (Å²) in [7, 11) is -3.57. The molecule has 0 fully saturated rings. The van der Waals surface area contributed by atoms with E-state index in [0.29, 0.717) is 15.6 Å². The van der Waals surface area contributed by atoms with Crippen LogP contribution in [-0.2, 0) is 16.4 Å². The molecule has 0 saturated carbocycles. The molecule has 0 bridgehead atoms. The van der Waals surface area contributed by atoms with Gasteiger partial charge in [0.25, 0.3) is 10.0 Å². The standard InChI is InChI=1S/C15H15NO3S2/c1-3-10-19-13-7-5-6-12(11-13)16-21(17,18)15-9-8-14(4-2)20-15/h1,5-9,11,16H,4,10H2,2H3. The Labute approximate surface area is 128 Å². The minimum Gasteiger partial charge on any atom is -0.481 e. The number of hydrogen-bond donors (Lipinski definition) is 1. The molecule has 2 aromatic rings. The number of sulfonamides is 1. The highest BCUT2D eigenvalue weighted by Gasteiger charge is 2.16. The zero-order chi connectivity index (χ0) is 15.3.